The average Bonchev–Trinajstić information content (AvgIpc) is 2.97. The molecule has 0 bridgehead atoms. The number of benzene rings is 1. The van der Waals surface area contributed by atoms with Gasteiger partial charge < -0.3 is 10.3 Å². The predicted octanol–water partition coefficient (Wildman–Crippen LogP) is 3.28. The molecule has 0 saturated heterocycles. The summed E-state index contributed by atoms with van der Waals surface area (Å²) in [6, 6.07) is 12.0. The van der Waals surface area contributed by atoms with Crippen molar-refractivity contribution in [2.24, 2.45) is 0 Å². The summed E-state index contributed by atoms with van der Waals surface area (Å²) in [4.78, 5) is 5.53. The number of anilines is 1. The van der Waals surface area contributed by atoms with Crippen LogP contribution in [0, 0.1) is 6.92 Å². The summed E-state index contributed by atoms with van der Waals surface area (Å²) >= 11 is 1.53. The van der Waals surface area contributed by atoms with Gasteiger partial charge in [-0.15, -0.1) is 11.3 Å². The summed E-state index contributed by atoms with van der Waals surface area (Å²) in [6.07, 6.45) is 0.660. The Kier molecular flexibility index (Phi) is 3.05. The Morgan fingerprint density at radius 2 is 2.05 bits per heavy atom. The first-order valence-electron chi connectivity index (χ1n) is 5.95. The molecule has 19 heavy (non-hydrogen) atoms. The van der Waals surface area contributed by atoms with Crippen molar-refractivity contribution in [1.29, 1.82) is 0 Å². The van der Waals surface area contributed by atoms with E-state index >= 15 is 0 Å². The van der Waals surface area contributed by atoms with Gasteiger partial charge in [-0.25, -0.2) is 0 Å². The normalized spacial score (nSPS) is 10.8. The molecule has 5 heteroatoms. The third-order valence-corrected chi connectivity index (χ3v) is 3.67. The van der Waals surface area contributed by atoms with Crippen LogP contribution < -0.4 is 5.73 Å². The van der Waals surface area contributed by atoms with Crippen LogP contribution in [0.25, 0.3) is 11.5 Å². The van der Waals surface area contributed by atoms with Gasteiger partial charge in [-0.05, 0) is 18.6 Å². The fourth-order valence-corrected chi connectivity index (χ4v) is 2.69. The number of hydrogen-bond acceptors (Lipinski definition) is 5. The quantitative estimate of drug-likeness (QED) is 0.794. The van der Waals surface area contributed by atoms with Crippen LogP contribution in [0.15, 0.2) is 40.9 Å². The van der Waals surface area contributed by atoms with E-state index in [4.69, 9.17) is 10.3 Å². The number of hydrogen-bond donors (Lipinski definition) is 1. The first-order chi connectivity index (χ1) is 9.22. The summed E-state index contributed by atoms with van der Waals surface area (Å²) in [5.41, 5.74) is 7.91. The molecule has 4 nitrogen and oxygen atoms in total. The summed E-state index contributed by atoms with van der Waals surface area (Å²) in [6.45, 7) is 2.01. The summed E-state index contributed by atoms with van der Waals surface area (Å²) in [5.74, 6) is 1.16. The molecule has 1 aromatic carbocycles. The number of rotatable bonds is 3. The Bertz CT molecular complexity index is 688. The molecule has 2 heterocycles. The molecule has 0 fully saturated rings. The van der Waals surface area contributed by atoms with Gasteiger partial charge in [0.05, 0.1) is 10.6 Å². The molecule has 0 unspecified atom stereocenters. The summed E-state index contributed by atoms with van der Waals surface area (Å²) in [5, 5.41) is 4.72. The van der Waals surface area contributed by atoms with Gasteiger partial charge in [-0.3, -0.25) is 0 Å². The molecule has 0 aliphatic heterocycles. The summed E-state index contributed by atoms with van der Waals surface area (Å²) in [7, 11) is 0. The largest absolute Gasteiger partial charge is 0.390 e. The maximum Gasteiger partial charge on any atom is 0.260 e. The van der Waals surface area contributed by atoms with E-state index in [1.165, 1.54) is 11.3 Å². The molecule has 0 atom stereocenters. The lowest BCUT2D eigenvalue weighted by Gasteiger charge is -1.94. The lowest BCUT2D eigenvalue weighted by molar-refractivity contribution is 0.424. The molecule has 3 aromatic rings. The predicted molar refractivity (Wildman–Crippen MR) is 76.0 cm³/mol. The van der Waals surface area contributed by atoms with Crippen LogP contribution in [0.3, 0.4) is 0 Å². The Morgan fingerprint density at radius 3 is 2.74 bits per heavy atom. The van der Waals surface area contributed by atoms with Crippen molar-refractivity contribution < 1.29 is 4.52 Å². The molecule has 0 radical (unpaired) electrons. The van der Waals surface area contributed by atoms with E-state index in [0.717, 1.165) is 16.0 Å². The molecule has 3 rings (SSSR count). The fraction of sp³-hybridized carbons (Fsp3) is 0.143. The maximum atomic E-state index is 5.93. The molecule has 0 amide bonds. The molecule has 2 aromatic heterocycles. The zero-order valence-electron chi connectivity index (χ0n) is 10.5. The molecule has 0 aliphatic rings. The van der Waals surface area contributed by atoms with E-state index in [9.17, 15) is 0 Å². The monoisotopic (exact) mass is 271 g/mol. The van der Waals surface area contributed by atoms with E-state index in [-0.39, 0.29) is 0 Å². The second-order valence-electron chi connectivity index (χ2n) is 4.31. The van der Waals surface area contributed by atoms with Gasteiger partial charge in [0.15, 0.2) is 5.82 Å². The number of nitrogens with zero attached hydrogens (tertiary/aromatic N) is 2. The van der Waals surface area contributed by atoms with E-state index in [2.05, 4.69) is 10.1 Å². The molecular formula is C14H13N3OS. The van der Waals surface area contributed by atoms with E-state index < -0.39 is 0 Å². The van der Waals surface area contributed by atoms with Gasteiger partial charge >= 0.3 is 0 Å². The number of nitrogen functional groups attached to an aromatic ring is 1. The zero-order valence-corrected chi connectivity index (χ0v) is 11.3. The van der Waals surface area contributed by atoms with Crippen molar-refractivity contribution in [3.63, 3.8) is 0 Å². The Balaban J connectivity index is 1.86. The Hall–Kier alpha value is -2.14. The van der Waals surface area contributed by atoms with E-state index in [1.54, 1.807) is 0 Å². The average molecular weight is 271 g/mol. The van der Waals surface area contributed by atoms with Crippen LogP contribution in [-0.2, 0) is 6.42 Å². The number of nitrogens with two attached hydrogens (primary N) is 1. The van der Waals surface area contributed by atoms with Crippen LogP contribution >= 0.6 is 11.3 Å². The second kappa shape index (κ2) is 4.85. The molecule has 0 aliphatic carbocycles. The summed E-state index contributed by atoms with van der Waals surface area (Å²) < 4.78 is 5.28. The van der Waals surface area contributed by atoms with Gasteiger partial charge in [0.1, 0.15) is 0 Å². The molecule has 0 spiro atoms. The number of aromatic nitrogens is 2. The minimum absolute atomic E-state index is 0.493. The fourth-order valence-electron chi connectivity index (χ4n) is 1.91. The molecule has 96 valence electrons. The number of thiophene rings is 1. The van der Waals surface area contributed by atoms with Crippen molar-refractivity contribution in [2.45, 2.75) is 13.3 Å². The van der Waals surface area contributed by atoms with Gasteiger partial charge in [0.2, 0.25) is 0 Å². The highest BCUT2D eigenvalue weighted by molar-refractivity contribution is 7.16. The van der Waals surface area contributed by atoms with Crippen LogP contribution in [0.1, 0.15) is 16.3 Å². The van der Waals surface area contributed by atoms with Crippen molar-refractivity contribution in [3.05, 3.63) is 52.7 Å². The lowest BCUT2D eigenvalue weighted by atomic mass is 10.1. The highest BCUT2D eigenvalue weighted by atomic mass is 32.1. The number of aryl methyl sites for hydroxylation is 1. The van der Waals surface area contributed by atoms with Crippen LogP contribution in [-0.4, -0.2) is 10.1 Å². The topological polar surface area (TPSA) is 64.9 Å². The smallest absolute Gasteiger partial charge is 0.260 e. The van der Waals surface area contributed by atoms with Gasteiger partial charge in [0.25, 0.3) is 5.89 Å². The Morgan fingerprint density at radius 1 is 1.26 bits per heavy atom. The van der Waals surface area contributed by atoms with Crippen molar-refractivity contribution >= 4 is 16.3 Å². The van der Waals surface area contributed by atoms with Crippen molar-refractivity contribution in [2.75, 3.05) is 5.73 Å². The Labute approximate surface area is 114 Å². The molecule has 0 saturated carbocycles. The van der Waals surface area contributed by atoms with Crippen LogP contribution in [0.2, 0.25) is 0 Å². The van der Waals surface area contributed by atoms with Crippen LogP contribution in [0.5, 0.6) is 0 Å². The maximum absolute atomic E-state index is 5.93. The van der Waals surface area contributed by atoms with Gasteiger partial charge in [-0.2, -0.15) is 4.98 Å². The third-order valence-electron chi connectivity index (χ3n) is 2.79. The van der Waals surface area contributed by atoms with Gasteiger partial charge in [0, 0.05) is 11.3 Å². The standard InChI is InChI=1S/C14H13N3OS/c1-9-7-11(13(15)19-9)14-16-12(17-18-14)8-10-5-3-2-4-6-10/h2-7H,8,15H2,1H3. The SMILES string of the molecule is Cc1cc(-c2nc(Cc3ccccc3)no2)c(N)s1. The highest BCUT2D eigenvalue weighted by Gasteiger charge is 2.14. The van der Waals surface area contributed by atoms with Crippen molar-refractivity contribution in [3.8, 4) is 11.5 Å². The first kappa shape index (κ1) is 11.9. The second-order valence-corrected chi connectivity index (χ2v) is 5.60. The zero-order chi connectivity index (χ0) is 13.2. The van der Waals surface area contributed by atoms with E-state index in [0.29, 0.717) is 23.1 Å². The van der Waals surface area contributed by atoms with Crippen LogP contribution in [0.4, 0.5) is 5.00 Å². The highest BCUT2D eigenvalue weighted by Crippen LogP contribution is 2.32. The first-order valence-corrected chi connectivity index (χ1v) is 6.77. The lowest BCUT2D eigenvalue weighted by Crippen LogP contribution is -1.90. The molecule has 2 N–H and O–H groups in total. The molecular weight excluding hydrogens is 258 g/mol. The van der Waals surface area contributed by atoms with Gasteiger partial charge in [-0.1, -0.05) is 35.5 Å². The van der Waals surface area contributed by atoms with E-state index in [1.807, 2.05) is 43.3 Å². The minimum atomic E-state index is 0.493. The minimum Gasteiger partial charge on any atom is -0.390 e. The van der Waals surface area contributed by atoms with Crippen molar-refractivity contribution in [1.82, 2.24) is 10.1 Å². The third kappa shape index (κ3) is 2.51.